The Morgan fingerprint density at radius 2 is 2.04 bits per heavy atom. The zero-order chi connectivity index (χ0) is 18.9. The Hall–Kier alpha value is -1.35. The molecule has 0 saturated carbocycles. The van der Waals surface area contributed by atoms with E-state index in [-0.39, 0.29) is 10.8 Å². The van der Waals surface area contributed by atoms with E-state index in [1.807, 2.05) is 12.1 Å². The fourth-order valence-corrected chi connectivity index (χ4v) is 5.52. The summed E-state index contributed by atoms with van der Waals surface area (Å²) < 4.78 is 0. The summed E-state index contributed by atoms with van der Waals surface area (Å²) in [5, 5.41) is 10.1. The molecule has 2 bridgehead atoms. The highest BCUT2D eigenvalue weighted by Gasteiger charge is 2.57. The molecule has 1 N–H and O–H groups in total. The van der Waals surface area contributed by atoms with E-state index in [0.29, 0.717) is 24.0 Å². The van der Waals surface area contributed by atoms with Crippen LogP contribution in [0.2, 0.25) is 0 Å². The first-order chi connectivity index (χ1) is 12.3. The molecule has 3 atom stereocenters. The molecule has 3 nitrogen and oxygen atoms in total. The quantitative estimate of drug-likeness (QED) is 0.710. The van der Waals surface area contributed by atoms with Crippen LogP contribution in [0.15, 0.2) is 18.2 Å². The minimum absolute atomic E-state index is 0.0141. The predicted molar refractivity (Wildman–Crippen MR) is 107 cm³/mol. The van der Waals surface area contributed by atoms with Gasteiger partial charge in [-0.25, -0.2) is 0 Å². The van der Waals surface area contributed by atoms with Crippen molar-refractivity contribution < 1.29 is 9.90 Å². The van der Waals surface area contributed by atoms with Gasteiger partial charge in [-0.1, -0.05) is 39.7 Å². The van der Waals surface area contributed by atoms with Crippen molar-refractivity contribution in [3.8, 4) is 5.75 Å². The summed E-state index contributed by atoms with van der Waals surface area (Å²) >= 11 is 0. The van der Waals surface area contributed by atoms with E-state index in [1.165, 1.54) is 11.1 Å². The number of phenolic OH excluding ortho intramolecular Hbond substituents is 1. The van der Waals surface area contributed by atoms with Crippen LogP contribution in [0, 0.1) is 5.41 Å². The van der Waals surface area contributed by atoms with E-state index in [0.717, 1.165) is 51.5 Å². The van der Waals surface area contributed by atoms with Crippen molar-refractivity contribution in [3.63, 3.8) is 0 Å². The molecule has 1 aliphatic heterocycles. The standard InChI is InChI=1S/C23H35NO2/c1-5-6-7-8-18(25)11-12-23(3)21-15-17-9-10-19(26)16-20(17)22(23,2)13-14-24(21)4/h9-10,16,21,26H,5-8,11-15H2,1-4H3/t21?,22-,23-/m1/s1. The minimum Gasteiger partial charge on any atom is -0.508 e. The number of aromatic hydroxyl groups is 1. The van der Waals surface area contributed by atoms with E-state index in [2.05, 4.69) is 38.8 Å². The fourth-order valence-electron chi connectivity index (χ4n) is 5.52. The fraction of sp³-hybridized carbons (Fsp3) is 0.696. The lowest BCUT2D eigenvalue weighted by atomic mass is 9.49. The number of nitrogens with zero attached hydrogens (tertiary/aromatic N) is 1. The van der Waals surface area contributed by atoms with Crippen molar-refractivity contribution in [3.05, 3.63) is 29.3 Å². The van der Waals surface area contributed by atoms with E-state index in [1.54, 1.807) is 0 Å². The number of carbonyl (C=O) groups excluding carboxylic acids is 1. The Labute approximate surface area is 158 Å². The van der Waals surface area contributed by atoms with Gasteiger partial charge in [0, 0.05) is 24.3 Å². The van der Waals surface area contributed by atoms with Crippen molar-refractivity contribution in [1.82, 2.24) is 4.90 Å². The summed E-state index contributed by atoms with van der Waals surface area (Å²) in [4.78, 5) is 15.0. The number of phenols is 1. The number of benzene rings is 1. The second kappa shape index (κ2) is 7.34. The van der Waals surface area contributed by atoms with Crippen LogP contribution in [0.5, 0.6) is 5.75 Å². The first-order valence-corrected chi connectivity index (χ1v) is 10.4. The minimum atomic E-state index is 0.0141. The molecule has 3 rings (SSSR count). The van der Waals surface area contributed by atoms with Crippen molar-refractivity contribution >= 4 is 5.78 Å². The van der Waals surface area contributed by atoms with Crippen LogP contribution >= 0.6 is 0 Å². The van der Waals surface area contributed by atoms with E-state index < -0.39 is 0 Å². The number of piperidine rings is 1. The van der Waals surface area contributed by atoms with Gasteiger partial charge in [-0.3, -0.25) is 4.79 Å². The topological polar surface area (TPSA) is 40.5 Å². The normalized spacial score (nSPS) is 30.8. The first-order valence-electron chi connectivity index (χ1n) is 10.4. The smallest absolute Gasteiger partial charge is 0.132 e. The lowest BCUT2D eigenvalue weighted by molar-refractivity contribution is -0.121. The van der Waals surface area contributed by atoms with Gasteiger partial charge < -0.3 is 10.0 Å². The van der Waals surface area contributed by atoms with Gasteiger partial charge in [-0.15, -0.1) is 0 Å². The lowest BCUT2D eigenvalue weighted by Gasteiger charge is -2.62. The molecular formula is C23H35NO2. The van der Waals surface area contributed by atoms with Gasteiger partial charge >= 0.3 is 0 Å². The lowest BCUT2D eigenvalue weighted by Crippen LogP contribution is -2.64. The summed E-state index contributed by atoms with van der Waals surface area (Å²) in [5.41, 5.74) is 2.75. The largest absolute Gasteiger partial charge is 0.508 e. The Morgan fingerprint density at radius 1 is 1.27 bits per heavy atom. The number of ketones is 1. The third-order valence-corrected chi connectivity index (χ3v) is 7.58. The maximum absolute atomic E-state index is 12.5. The Balaban J connectivity index is 1.86. The molecule has 26 heavy (non-hydrogen) atoms. The number of hydrogen-bond acceptors (Lipinski definition) is 3. The zero-order valence-electron chi connectivity index (χ0n) is 17.0. The maximum atomic E-state index is 12.5. The van der Waals surface area contributed by atoms with Crippen LogP contribution in [-0.4, -0.2) is 35.4 Å². The van der Waals surface area contributed by atoms with Crippen LogP contribution < -0.4 is 0 Å². The molecular weight excluding hydrogens is 322 g/mol. The maximum Gasteiger partial charge on any atom is 0.132 e. The SMILES string of the molecule is CCCCCC(=O)CC[C@]1(C)C2Cc3ccc(O)cc3[C@@]1(C)CCN2C. The van der Waals surface area contributed by atoms with Gasteiger partial charge in [0.1, 0.15) is 11.5 Å². The zero-order valence-corrected chi connectivity index (χ0v) is 17.0. The highest BCUT2D eigenvalue weighted by atomic mass is 16.3. The number of likely N-dealkylation sites (N-methyl/N-ethyl adjacent to an activating group) is 1. The molecule has 1 saturated heterocycles. The third-order valence-electron chi connectivity index (χ3n) is 7.58. The third kappa shape index (κ3) is 3.19. The molecule has 0 amide bonds. The van der Waals surface area contributed by atoms with Crippen LogP contribution in [0.3, 0.4) is 0 Å². The molecule has 0 radical (unpaired) electrons. The summed E-state index contributed by atoms with van der Waals surface area (Å²) in [6, 6.07) is 6.36. The molecule has 0 spiro atoms. The van der Waals surface area contributed by atoms with Gasteiger partial charge in [0.15, 0.2) is 0 Å². The van der Waals surface area contributed by atoms with Crippen molar-refractivity contribution in [2.45, 2.75) is 83.6 Å². The number of Topliss-reactive ketones (excluding diaryl/α,β-unsaturated/α-hetero) is 1. The molecule has 1 fully saturated rings. The molecule has 1 unspecified atom stereocenters. The second-order valence-electron chi connectivity index (χ2n) is 9.04. The predicted octanol–water partition coefficient (Wildman–Crippen LogP) is 4.85. The highest BCUT2D eigenvalue weighted by Crippen LogP contribution is 2.58. The molecule has 144 valence electrons. The Morgan fingerprint density at radius 3 is 2.77 bits per heavy atom. The van der Waals surface area contributed by atoms with Crippen LogP contribution in [0.4, 0.5) is 0 Å². The molecule has 1 heterocycles. The first kappa shape index (κ1) is 19.4. The number of unbranched alkanes of at least 4 members (excludes halogenated alkanes) is 2. The molecule has 2 aliphatic rings. The summed E-state index contributed by atoms with van der Waals surface area (Å²) in [6.07, 6.45) is 7.81. The number of carbonyl (C=O) groups is 1. The van der Waals surface area contributed by atoms with Gasteiger partial charge in [0.25, 0.3) is 0 Å². The molecule has 1 aromatic rings. The Bertz CT molecular complexity index is 670. The van der Waals surface area contributed by atoms with E-state index in [4.69, 9.17) is 0 Å². The Kier molecular flexibility index (Phi) is 5.48. The van der Waals surface area contributed by atoms with Gasteiger partial charge in [0.05, 0.1) is 0 Å². The van der Waals surface area contributed by atoms with E-state index >= 15 is 0 Å². The highest BCUT2D eigenvalue weighted by molar-refractivity contribution is 5.78. The van der Waals surface area contributed by atoms with Gasteiger partial charge in [0.2, 0.25) is 0 Å². The van der Waals surface area contributed by atoms with Crippen LogP contribution in [-0.2, 0) is 16.6 Å². The van der Waals surface area contributed by atoms with Crippen molar-refractivity contribution in [1.29, 1.82) is 0 Å². The molecule has 1 aliphatic carbocycles. The molecule has 1 aromatic carbocycles. The number of fused-ring (bicyclic) bond motifs is 4. The van der Waals surface area contributed by atoms with Gasteiger partial charge in [-0.2, -0.15) is 0 Å². The van der Waals surface area contributed by atoms with Crippen LogP contribution in [0.25, 0.3) is 0 Å². The van der Waals surface area contributed by atoms with Gasteiger partial charge in [-0.05, 0) is 68.0 Å². The average molecular weight is 358 g/mol. The summed E-state index contributed by atoms with van der Waals surface area (Å²) in [5.74, 6) is 0.783. The van der Waals surface area contributed by atoms with Crippen molar-refractivity contribution in [2.75, 3.05) is 13.6 Å². The summed E-state index contributed by atoms with van der Waals surface area (Å²) in [6.45, 7) is 8.01. The monoisotopic (exact) mass is 357 g/mol. The number of hydrogen-bond donors (Lipinski definition) is 1. The van der Waals surface area contributed by atoms with Crippen molar-refractivity contribution in [2.24, 2.45) is 5.41 Å². The van der Waals surface area contributed by atoms with Crippen LogP contribution in [0.1, 0.15) is 76.8 Å². The number of likely N-dealkylation sites (tertiary alicyclic amines) is 1. The summed E-state index contributed by atoms with van der Waals surface area (Å²) in [7, 11) is 2.23. The molecule has 0 aromatic heterocycles. The van der Waals surface area contributed by atoms with E-state index in [9.17, 15) is 9.90 Å². The average Bonchev–Trinajstić information content (AvgIpc) is 2.61. The molecule has 3 heteroatoms. The second-order valence-corrected chi connectivity index (χ2v) is 9.04. The number of rotatable bonds is 7.